The zero-order chi connectivity index (χ0) is 37.7. The molecule has 0 aromatic heterocycles. The van der Waals surface area contributed by atoms with E-state index in [4.69, 9.17) is 25.8 Å². The highest BCUT2D eigenvalue weighted by atomic mass is 35.5. The fourth-order valence-electron chi connectivity index (χ4n) is 7.43. The van der Waals surface area contributed by atoms with Crippen LogP contribution in [0.25, 0.3) is 11.1 Å². The third-order valence-electron chi connectivity index (χ3n) is 10.2. The highest BCUT2D eigenvalue weighted by molar-refractivity contribution is 6.32. The molecule has 0 spiro atoms. The Kier molecular flexibility index (Phi) is 15.4. The molecule has 2 heterocycles. The van der Waals surface area contributed by atoms with Crippen LogP contribution in [0.15, 0.2) is 77.3 Å². The minimum atomic E-state index is -0.703. The highest BCUT2D eigenvalue weighted by Crippen LogP contribution is 2.37. The van der Waals surface area contributed by atoms with Crippen LogP contribution in [0.2, 0.25) is 5.02 Å². The van der Waals surface area contributed by atoms with Crippen LogP contribution < -0.4 is 14.2 Å². The molecule has 0 amide bonds. The first-order valence-electron chi connectivity index (χ1n) is 19.1. The summed E-state index contributed by atoms with van der Waals surface area (Å²) in [5, 5.41) is 19.8. The van der Waals surface area contributed by atoms with E-state index in [0.29, 0.717) is 43.1 Å². The molecule has 3 aromatic carbocycles. The first-order valence-corrected chi connectivity index (χ1v) is 19.4. The largest absolute Gasteiger partial charge is 0.493 e. The summed E-state index contributed by atoms with van der Waals surface area (Å²) >= 11 is 6.91. The molecule has 53 heavy (non-hydrogen) atoms. The Morgan fingerprint density at radius 1 is 0.925 bits per heavy atom. The highest BCUT2D eigenvalue weighted by Gasteiger charge is 2.23. The first kappa shape index (κ1) is 40.5. The Morgan fingerprint density at radius 2 is 1.66 bits per heavy atom. The SMILES string of the molecule is C=C(C)/C=C(\C=N/C)COc1cc(OCc2cccc(-c3cccc(OCC4CCCN(CC(O)CO)C4)c3C)c2C)c(Cl)cc1CN1CCCCC1. The van der Waals surface area contributed by atoms with Crippen LogP contribution in [0.5, 0.6) is 17.2 Å². The average molecular weight is 744 g/mol. The van der Waals surface area contributed by atoms with Crippen molar-refractivity contribution in [1.82, 2.24) is 9.80 Å². The Balaban J connectivity index is 1.31. The number of aliphatic imine (C=N–C) groups is 1. The van der Waals surface area contributed by atoms with E-state index < -0.39 is 6.10 Å². The molecule has 8 nitrogen and oxygen atoms in total. The lowest BCUT2D eigenvalue weighted by atomic mass is 9.93. The predicted octanol–water partition coefficient (Wildman–Crippen LogP) is 8.21. The topological polar surface area (TPSA) is 87.0 Å². The normalized spacial score (nSPS) is 17.9. The van der Waals surface area contributed by atoms with E-state index in [2.05, 4.69) is 65.6 Å². The van der Waals surface area contributed by atoms with Crippen molar-refractivity contribution in [2.24, 2.45) is 10.9 Å². The lowest BCUT2D eigenvalue weighted by Crippen LogP contribution is -2.42. The Hall–Kier alpha value is -3.66. The molecule has 0 saturated carbocycles. The van der Waals surface area contributed by atoms with Crippen molar-refractivity contribution in [2.75, 3.05) is 59.6 Å². The molecule has 2 atom stereocenters. The Labute approximate surface area is 321 Å². The number of nitrogens with zero attached hydrogens (tertiary/aromatic N) is 3. The summed E-state index contributed by atoms with van der Waals surface area (Å²) in [5.74, 6) is 2.60. The van der Waals surface area contributed by atoms with E-state index in [-0.39, 0.29) is 6.61 Å². The van der Waals surface area contributed by atoms with E-state index in [1.807, 2.05) is 37.4 Å². The molecule has 3 aromatic rings. The van der Waals surface area contributed by atoms with Crippen LogP contribution in [0, 0.1) is 19.8 Å². The second kappa shape index (κ2) is 20.1. The summed E-state index contributed by atoms with van der Waals surface area (Å²) < 4.78 is 19.3. The van der Waals surface area contributed by atoms with Gasteiger partial charge in [-0.05, 0) is 106 Å². The van der Waals surface area contributed by atoms with Crippen LogP contribution in [0.3, 0.4) is 0 Å². The monoisotopic (exact) mass is 743 g/mol. The fraction of sp³-hybridized carbons (Fsp3) is 0.477. The molecule has 9 heteroatoms. The van der Waals surface area contributed by atoms with E-state index in [1.54, 1.807) is 7.05 Å². The van der Waals surface area contributed by atoms with Gasteiger partial charge in [-0.25, -0.2) is 0 Å². The number of rotatable bonds is 17. The molecule has 2 unspecified atom stereocenters. The van der Waals surface area contributed by atoms with Gasteiger partial charge in [0.25, 0.3) is 0 Å². The minimum Gasteiger partial charge on any atom is -0.493 e. The van der Waals surface area contributed by atoms with Gasteiger partial charge in [0.2, 0.25) is 0 Å². The molecule has 0 bridgehead atoms. The van der Waals surface area contributed by atoms with Gasteiger partial charge in [-0.2, -0.15) is 0 Å². The lowest BCUT2D eigenvalue weighted by Gasteiger charge is -2.33. The first-order chi connectivity index (χ1) is 25.6. The summed E-state index contributed by atoms with van der Waals surface area (Å²) in [4.78, 5) is 8.90. The van der Waals surface area contributed by atoms with Crippen molar-refractivity contribution in [3.05, 3.63) is 99.6 Å². The predicted molar refractivity (Wildman–Crippen MR) is 217 cm³/mol. The van der Waals surface area contributed by atoms with Crippen LogP contribution in [-0.4, -0.2) is 91.9 Å². The number of benzene rings is 3. The number of likely N-dealkylation sites (tertiary alicyclic amines) is 2. The van der Waals surface area contributed by atoms with Gasteiger partial charge >= 0.3 is 0 Å². The summed E-state index contributed by atoms with van der Waals surface area (Å²) in [6.07, 6.45) is 8.93. The number of aliphatic hydroxyl groups is 2. The van der Waals surface area contributed by atoms with Crippen molar-refractivity contribution >= 4 is 17.8 Å². The summed E-state index contributed by atoms with van der Waals surface area (Å²) in [6.45, 7) is 16.6. The van der Waals surface area contributed by atoms with Gasteiger partial charge in [0.15, 0.2) is 0 Å². The van der Waals surface area contributed by atoms with Crippen LogP contribution in [0.4, 0.5) is 0 Å². The molecule has 2 saturated heterocycles. The van der Waals surface area contributed by atoms with Gasteiger partial charge in [-0.3, -0.25) is 9.89 Å². The molecule has 2 fully saturated rings. The number of halogens is 1. The van der Waals surface area contributed by atoms with E-state index >= 15 is 0 Å². The molecule has 5 rings (SSSR count). The maximum atomic E-state index is 9.92. The molecule has 286 valence electrons. The standard InChI is InChI=1S/C44H58ClN3O5/c1-31(2)20-35(23-46-5)29-52-43-22-44(41(45)21-37(43)25-47-17-7-6-8-18-47)53-30-36-13-9-14-39(32(36)3)40-15-10-16-42(33(40)4)51-28-34-12-11-19-48(24-34)26-38(50)27-49/h9-10,13-16,20-23,34,38,49-50H,1,6-8,11-12,17-19,24-30H2,2-5H3/b35-20+,46-23-. The number of hydrogen-bond donors (Lipinski definition) is 2. The van der Waals surface area contributed by atoms with Gasteiger partial charge < -0.3 is 29.3 Å². The number of hydrogen-bond acceptors (Lipinski definition) is 8. The molecule has 2 N–H and O–H groups in total. The third-order valence-corrected chi connectivity index (χ3v) is 10.5. The second-order valence-corrected chi connectivity index (χ2v) is 15.1. The maximum absolute atomic E-state index is 9.92. The molecule has 2 aliphatic rings. The minimum absolute atomic E-state index is 0.211. The van der Waals surface area contributed by atoms with Crippen LogP contribution >= 0.6 is 11.6 Å². The van der Waals surface area contributed by atoms with Gasteiger partial charge in [-0.1, -0.05) is 66.6 Å². The van der Waals surface area contributed by atoms with Crippen molar-refractivity contribution < 1.29 is 24.4 Å². The summed E-state index contributed by atoms with van der Waals surface area (Å²) in [7, 11) is 1.76. The molecular formula is C44H58ClN3O5. The average Bonchev–Trinajstić information content (AvgIpc) is 3.14. The van der Waals surface area contributed by atoms with Gasteiger partial charge in [0.05, 0.1) is 24.3 Å². The van der Waals surface area contributed by atoms with Crippen molar-refractivity contribution in [2.45, 2.75) is 72.1 Å². The number of allylic oxidation sites excluding steroid dienone is 2. The third kappa shape index (κ3) is 11.7. The Bertz CT molecular complexity index is 1730. The number of β-amino-alcohol motifs (C(OH)–C–C–N with tert-alkyl or cyclic N) is 1. The van der Waals surface area contributed by atoms with E-state index in [0.717, 1.165) is 102 Å². The summed E-state index contributed by atoms with van der Waals surface area (Å²) in [6, 6.07) is 16.5. The van der Waals surface area contributed by atoms with Crippen molar-refractivity contribution in [1.29, 1.82) is 0 Å². The van der Waals surface area contributed by atoms with Gasteiger partial charge in [0.1, 0.15) is 30.5 Å². The van der Waals surface area contributed by atoms with Gasteiger partial charge in [0, 0.05) is 56.0 Å². The zero-order valence-corrected chi connectivity index (χ0v) is 32.8. The number of aliphatic hydroxyl groups excluding tert-OH is 2. The lowest BCUT2D eigenvalue weighted by molar-refractivity contribution is 0.0386. The maximum Gasteiger partial charge on any atom is 0.142 e. The zero-order valence-electron chi connectivity index (χ0n) is 32.1. The van der Waals surface area contributed by atoms with Crippen molar-refractivity contribution in [3.63, 3.8) is 0 Å². The quantitative estimate of drug-likeness (QED) is 0.107. The number of ether oxygens (including phenoxy) is 3. The smallest absolute Gasteiger partial charge is 0.142 e. The number of piperidine rings is 2. The van der Waals surface area contributed by atoms with Gasteiger partial charge in [-0.15, -0.1) is 0 Å². The molecule has 0 radical (unpaired) electrons. The van der Waals surface area contributed by atoms with E-state index in [1.165, 1.54) is 19.3 Å². The van der Waals surface area contributed by atoms with Crippen molar-refractivity contribution in [3.8, 4) is 28.4 Å². The van der Waals surface area contributed by atoms with Crippen LogP contribution in [0.1, 0.15) is 61.3 Å². The van der Waals surface area contributed by atoms with Crippen LogP contribution in [-0.2, 0) is 13.2 Å². The van der Waals surface area contributed by atoms with E-state index in [9.17, 15) is 10.2 Å². The Morgan fingerprint density at radius 3 is 2.40 bits per heavy atom. The summed E-state index contributed by atoms with van der Waals surface area (Å²) in [5.41, 5.74) is 8.50. The molecule has 0 aliphatic carbocycles. The molecule has 2 aliphatic heterocycles. The molecular weight excluding hydrogens is 686 g/mol. The fourth-order valence-corrected chi connectivity index (χ4v) is 7.67. The second-order valence-electron chi connectivity index (χ2n) is 14.7.